The van der Waals surface area contributed by atoms with Gasteiger partial charge in [-0.15, -0.1) is 0 Å². The third-order valence-electron chi connectivity index (χ3n) is 2.18. The molecule has 0 aromatic heterocycles. The van der Waals surface area contributed by atoms with Gasteiger partial charge in [0.05, 0.1) is 0 Å². The molecule has 2 rings (SSSR count). The molecule has 0 saturated heterocycles. The van der Waals surface area contributed by atoms with Crippen molar-refractivity contribution in [1.82, 2.24) is 0 Å². The third kappa shape index (κ3) is 2.08. The molecule has 0 aliphatic heterocycles. The van der Waals surface area contributed by atoms with Crippen molar-refractivity contribution in [2.45, 2.75) is 0 Å². The van der Waals surface area contributed by atoms with Crippen LogP contribution in [0.5, 0.6) is 0 Å². The van der Waals surface area contributed by atoms with Gasteiger partial charge in [-0.05, 0) is 0 Å². The van der Waals surface area contributed by atoms with E-state index in [-0.39, 0.29) is 0 Å². The molecule has 0 amide bonds. The molecule has 68 valence electrons. The zero-order valence-corrected chi connectivity index (χ0v) is 10.2. The fourth-order valence-electron chi connectivity index (χ4n) is 1.44. The molecule has 0 radical (unpaired) electrons. The van der Waals surface area contributed by atoms with Crippen LogP contribution in [-0.4, -0.2) is 16.7 Å². The summed E-state index contributed by atoms with van der Waals surface area (Å²) in [7, 11) is 0. The first-order valence-electron chi connectivity index (χ1n) is 4.62. The monoisotopic (exact) mass is 242 g/mol. The fraction of sp³-hybridized carbons (Fsp3) is 0. The van der Waals surface area contributed by atoms with Crippen LogP contribution < -0.4 is 8.24 Å². The minimum absolute atomic E-state index is 0.895. The maximum atomic E-state index is 14.1. The number of halogens is 1. The maximum absolute atomic E-state index is 14.1. The van der Waals surface area contributed by atoms with Crippen LogP contribution in [0.4, 0.5) is 3.29 Å². The molecular weight excluding hydrogens is 233 g/mol. The van der Waals surface area contributed by atoms with E-state index in [4.69, 9.17) is 0 Å². The van der Waals surface area contributed by atoms with Crippen molar-refractivity contribution in [3.8, 4) is 0 Å². The van der Waals surface area contributed by atoms with Gasteiger partial charge in [0.1, 0.15) is 0 Å². The Bertz CT molecular complexity index is 346. The first-order chi connectivity index (χ1) is 6.88. The summed E-state index contributed by atoms with van der Waals surface area (Å²) in [4.78, 5) is 0. The molecule has 0 N–H and O–H groups in total. The Morgan fingerprint density at radius 2 is 1.00 bits per heavy atom. The van der Waals surface area contributed by atoms with Gasteiger partial charge < -0.3 is 0 Å². The van der Waals surface area contributed by atoms with Gasteiger partial charge >= 0.3 is 88.9 Å². The Morgan fingerprint density at radius 3 is 1.36 bits per heavy atom. The normalized spacial score (nSPS) is 9.79. The molecule has 2 aromatic rings. The van der Waals surface area contributed by atoms with Crippen LogP contribution in [0.15, 0.2) is 60.7 Å². The molecule has 0 bridgehead atoms. The van der Waals surface area contributed by atoms with E-state index >= 15 is 0 Å². The summed E-state index contributed by atoms with van der Waals surface area (Å²) in [5, 5.41) is 0. The van der Waals surface area contributed by atoms with Gasteiger partial charge in [0, 0.05) is 0 Å². The van der Waals surface area contributed by atoms with Gasteiger partial charge in [0.25, 0.3) is 0 Å². The van der Waals surface area contributed by atoms with Gasteiger partial charge in [-0.2, -0.15) is 0 Å². The van der Waals surface area contributed by atoms with E-state index < -0.39 is 16.7 Å². The van der Waals surface area contributed by atoms with Gasteiger partial charge in [-0.1, -0.05) is 0 Å². The van der Waals surface area contributed by atoms with Crippen molar-refractivity contribution >= 4 is 25.0 Å². The van der Waals surface area contributed by atoms with Crippen LogP contribution in [0.25, 0.3) is 0 Å². The number of benzene rings is 2. The molecule has 0 spiro atoms. The molecule has 0 atom stereocenters. The summed E-state index contributed by atoms with van der Waals surface area (Å²) in [6, 6.07) is 19.0. The Morgan fingerprint density at radius 1 is 0.643 bits per heavy atom. The second-order valence-electron chi connectivity index (χ2n) is 3.18. The first kappa shape index (κ1) is 9.56. The van der Waals surface area contributed by atoms with E-state index in [0.717, 1.165) is 8.24 Å². The van der Waals surface area contributed by atoms with Gasteiger partial charge in [-0.3, -0.25) is 0 Å². The second kappa shape index (κ2) is 4.49. The molecule has 0 aliphatic rings. The van der Waals surface area contributed by atoms with Crippen molar-refractivity contribution in [2.24, 2.45) is 0 Å². The van der Waals surface area contributed by atoms with Crippen LogP contribution in [0.3, 0.4) is 0 Å². The molecule has 2 aromatic carbocycles. The number of rotatable bonds is 2. The zero-order chi connectivity index (χ0) is 9.80. The Labute approximate surface area is 89.0 Å². The van der Waals surface area contributed by atoms with Gasteiger partial charge in [-0.25, -0.2) is 0 Å². The van der Waals surface area contributed by atoms with Crippen LogP contribution in [0.2, 0.25) is 0 Å². The zero-order valence-electron chi connectivity index (χ0n) is 7.73. The Balaban J connectivity index is 2.30. The predicted octanol–water partition coefficient (Wildman–Crippen LogP) is 1.76. The molecular formula is C12H10FGa. The summed E-state index contributed by atoms with van der Waals surface area (Å²) in [5.74, 6) is 0. The molecule has 0 unspecified atom stereocenters. The summed E-state index contributed by atoms with van der Waals surface area (Å²) < 4.78 is 15.8. The van der Waals surface area contributed by atoms with Crippen LogP contribution in [0.1, 0.15) is 0 Å². The molecule has 0 saturated carbocycles. The van der Waals surface area contributed by atoms with Crippen molar-refractivity contribution in [2.75, 3.05) is 0 Å². The summed E-state index contributed by atoms with van der Waals surface area (Å²) in [5.41, 5.74) is 0. The van der Waals surface area contributed by atoms with E-state index in [9.17, 15) is 3.29 Å². The number of hydrogen-bond acceptors (Lipinski definition) is 0. The average molecular weight is 243 g/mol. The predicted molar refractivity (Wildman–Crippen MR) is 59.0 cm³/mol. The third-order valence-corrected chi connectivity index (χ3v) is 6.26. The van der Waals surface area contributed by atoms with Crippen molar-refractivity contribution in [3.63, 3.8) is 0 Å². The SMILES string of the molecule is [F][Ga]([c]1ccccc1)[c]1ccccc1. The van der Waals surface area contributed by atoms with Gasteiger partial charge in [0.2, 0.25) is 0 Å². The van der Waals surface area contributed by atoms with Crippen LogP contribution in [-0.2, 0) is 0 Å². The van der Waals surface area contributed by atoms with E-state index in [2.05, 4.69) is 0 Å². The van der Waals surface area contributed by atoms with Crippen LogP contribution >= 0.6 is 0 Å². The number of hydrogen-bond donors (Lipinski definition) is 0. The van der Waals surface area contributed by atoms with Gasteiger partial charge in [0.15, 0.2) is 0 Å². The van der Waals surface area contributed by atoms with E-state index in [1.54, 1.807) is 0 Å². The molecule has 2 heteroatoms. The van der Waals surface area contributed by atoms with Crippen molar-refractivity contribution < 1.29 is 3.29 Å². The molecule has 0 heterocycles. The summed E-state index contributed by atoms with van der Waals surface area (Å²) in [6.45, 7) is 0. The second-order valence-corrected chi connectivity index (χ2v) is 7.50. The molecule has 14 heavy (non-hydrogen) atoms. The Hall–Kier alpha value is -0.994. The molecule has 0 fully saturated rings. The summed E-state index contributed by atoms with van der Waals surface area (Å²) in [6.07, 6.45) is 0. The molecule has 0 nitrogen and oxygen atoms in total. The Kier molecular flexibility index (Phi) is 3.06. The average Bonchev–Trinajstić information content (AvgIpc) is 2.30. The van der Waals surface area contributed by atoms with Crippen molar-refractivity contribution in [3.05, 3.63) is 60.7 Å². The minimum atomic E-state index is -2.91. The van der Waals surface area contributed by atoms with Crippen molar-refractivity contribution in [1.29, 1.82) is 0 Å². The van der Waals surface area contributed by atoms with E-state index in [1.165, 1.54) is 0 Å². The van der Waals surface area contributed by atoms with E-state index in [1.807, 2.05) is 60.7 Å². The quantitative estimate of drug-likeness (QED) is 0.705. The van der Waals surface area contributed by atoms with Crippen LogP contribution in [0, 0.1) is 0 Å². The fourth-order valence-corrected chi connectivity index (χ4v) is 4.59. The first-order valence-corrected chi connectivity index (χ1v) is 7.96. The molecule has 0 aliphatic carbocycles. The standard InChI is InChI=1S/2C6H5.FH.Ga/c2*1-2-4-6-5-3-1;;/h2*1-5H;1H;/q;;;+1/p-1. The topological polar surface area (TPSA) is 0 Å². The van der Waals surface area contributed by atoms with E-state index in [0.29, 0.717) is 0 Å². The summed E-state index contributed by atoms with van der Waals surface area (Å²) >= 11 is -2.91.